The van der Waals surface area contributed by atoms with E-state index in [0.29, 0.717) is 23.2 Å². The lowest BCUT2D eigenvalue weighted by Gasteiger charge is -2.35. The summed E-state index contributed by atoms with van der Waals surface area (Å²) in [7, 11) is 0. The molecule has 0 bridgehead atoms. The molecule has 1 unspecified atom stereocenters. The number of hydrogen-bond acceptors (Lipinski definition) is 3. The number of likely N-dealkylation sites (tertiary alicyclic amines) is 1. The summed E-state index contributed by atoms with van der Waals surface area (Å²) in [6.07, 6.45) is 2.74. The number of phenols is 1. The van der Waals surface area contributed by atoms with Gasteiger partial charge in [-0.1, -0.05) is 12.1 Å². The topological polar surface area (TPSA) is 83.6 Å². The number of hydrogen-bond donors (Lipinski definition) is 2. The first-order valence-corrected chi connectivity index (χ1v) is 8.64. The van der Waals surface area contributed by atoms with Gasteiger partial charge in [0.1, 0.15) is 11.6 Å². The maximum atomic E-state index is 14.1. The number of nitrogens with zero attached hydrogens (tertiary/aromatic N) is 1. The molecule has 1 aliphatic heterocycles. The molecule has 3 N–H and O–H groups in total. The van der Waals surface area contributed by atoms with Crippen molar-refractivity contribution in [1.29, 1.82) is 0 Å². The number of amides is 2. The van der Waals surface area contributed by atoms with Crippen LogP contribution >= 0.6 is 0 Å². The summed E-state index contributed by atoms with van der Waals surface area (Å²) >= 11 is 0. The summed E-state index contributed by atoms with van der Waals surface area (Å²) in [5.74, 6) is -1.31. The standard InChI is InChI=1S/C20H21FN2O3/c21-18-12-16(24)7-8-17(18)13-4-3-5-14(10-13)20(26)23-9-2-1-6-15(23)11-19(22)25/h3-5,7-8,10,12,15,24H,1-2,6,9,11H2,(H2,22,25). The molecule has 0 spiro atoms. The van der Waals surface area contributed by atoms with Crippen molar-refractivity contribution in [2.45, 2.75) is 31.7 Å². The third-order valence-electron chi connectivity index (χ3n) is 4.70. The second-order valence-electron chi connectivity index (χ2n) is 6.56. The van der Waals surface area contributed by atoms with Gasteiger partial charge in [-0.3, -0.25) is 9.59 Å². The number of carbonyl (C=O) groups is 2. The molecule has 1 heterocycles. The maximum Gasteiger partial charge on any atom is 0.254 e. The molecule has 1 atom stereocenters. The van der Waals surface area contributed by atoms with Crippen LogP contribution in [0.4, 0.5) is 4.39 Å². The minimum Gasteiger partial charge on any atom is -0.508 e. The van der Waals surface area contributed by atoms with Crippen molar-refractivity contribution in [3.63, 3.8) is 0 Å². The average molecular weight is 356 g/mol. The lowest BCUT2D eigenvalue weighted by Crippen LogP contribution is -2.45. The second kappa shape index (κ2) is 7.56. The lowest BCUT2D eigenvalue weighted by atomic mass is 9.97. The molecule has 6 heteroatoms. The molecule has 2 amide bonds. The highest BCUT2D eigenvalue weighted by atomic mass is 19.1. The molecule has 0 radical (unpaired) electrons. The van der Waals surface area contributed by atoms with Crippen molar-refractivity contribution in [3.8, 4) is 16.9 Å². The number of rotatable bonds is 4. The Hall–Kier alpha value is -2.89. The van der Waals surface area contributed by atoms with E-state index < -0.39 is 11.7 Å². The molecular weight excluding hydrogens is 335 g/mol. The summed E-state index contributed by atoms with van der Waals surface area (Å²) < 4.78 is 14.1. The zero-order valence-electron chi connectivity index (χ0n) is 14.3. The molecule has 0 aromatic heterocycles. The number of aromatic hydroxyl groups is 1. The van der Waals surface area contributed by atoms with Crippen molar-refractivity contribution in [2.24, 2.45) is 5.73 Å². The monoisotopic (exact) mass is 356 g/mol. The fraction of sp³-hybridized carbons (Fsp3) is 0.300. The highest BCUT2D eigenvalue weighted by Gasteiger charge is 2.28. The molecule has 136 valence electrons. The number of carbonyl (C=O) groups excluding carboxylic acids is 2. The van der Waals surface area contributed by atoms with Gasteiger partial charge in [-0.05, 0) is 49.1 Å². The summed E-state index contributed by atoms with van der Waals surface area (Å²) in [6.45, 7) is 0.578. The number of nitrogens with two attached hydrogens (primary N) is 1. The zero-order chi connectivity index (χ0) is 18.7. The Bertz CT molecular complexity index is 838. The predicted molar refractivity (Wildman–Crippen MR) is 96.0 cm³/mol. The number of phenolic OH excluding ortho intramolecular Hbond substituents is 1. The molecule has 1 saturated heterocycles. The van der Waals surface area contributed by atoms with Gasteiger partial charge in [0.2, 0.25) is 5.91 Å². The first-order chi connectivity index (χ1) is 12.5. The van der Waals surface area contributed by atoms with Gasteiger partial charge in [0.05, 0.1) is 0 Å². The normalized spacial score (nSPS) is 17.1. The van der Waals surface area contributed by atoms with Crippen LogP contribution in [0, 0.1) is 5.82 Å². The minimum absolute atomic E-state index is 0.151. The fourth-order valence-corrected chi connectivity index (χ4v) is 3.44. The predicted octanol–water partition coefficient (Wildman–Crippen LogP) is 3.07. The number of primary amides is 1. The van der Waals surface area contributed by atoms with Crippen molar-refractivity contribution in [1.82, 2.24) is 4.90 Å². The Labute approximate surface area is 151 Å². The van der Waals surface area contributed by atoms with Gasteiger partial charge < -0.3 is 15.7 Å². The Morgan fingerprint density at radius 3 is 2.73 bits per heavy atom. The molecular formula is C20H21FN2O3. The first-order valence-electron chi connectivity index (χ1n) is 8.64. The molecule has 2 aromatic carbocycles. The van der Waals surface area contributed by atoms with Crippen LogP contribution < -0.4 is 5.73 Å². The molecule has 0 aliphatic carbocycles. The SMILES string of the molecule is NC(=O)CC1CCCCN1C(=O)c1cccc(-c2ccc(O)cc2F)c1. The van der Waals surface area contributed by atoms with Gasteiger partial charge in [0, 0.05) is 36.2 Å². The number of benzene rings is 2. The van der Waals surface area contributed by atoms with E-state index in [9.17, 15) is 19.1 Å². The first kappa shape index (κ1) is 17.9. The average Bonchev–Trinajstić information content (AvgIpc) is 2.61. The van der Waals surface area contributed by atoms with Gasteiger partial charge in [0.25, 0.3) is 5.91 Å². The van der Waals surface area contributed by atoms with Crippen molar-refractivity contribution in [2.75, 3.05) is 6.54 Å². The van der Waals surface area contributed by atoms with Crippen LogP contribution in [0.1, 0.15) is 36.0 Å². The van der Waals surface area contributed by atoms with Crippen LogP contribution in [0.25, 0.3) is 11.1 Å². The molecule has 3 rings (SSSR count). The van der Waals surface area contributed by atoms with Crippen LogP contribution in [0.3, 0.4) is 0 Å². The van der Waals surface area contributed by atoms with Crippen LogP contribution in [0.15, 0.2) is 42.5 Å². The van der Waals surface area contributed by atoms with Crippen LogP contribution in [0.5, 0.6) is 5.75 Å². The van der Waals surface area contributed by atoms with Gasteiger partial charge in [-0.25, -0.2) is 4.39 Å². The van der Waals surface area contributed by atoms with E-state index in [4.69, 9.17) is 5.73 Å². The Morgan fingerprint density at radius 2 is 2.00 bits per heavy atom. The highest BCUT2D eigenvalue weighted by Crippen LogP contribution is 2.28. The van der Waals surface area contributed by atoms with E-state index in [1.165, 1.54) is 12.1 Å². The molecule has 1 fully saturated rings. The minimum atomic E-state index is -0.556. The van der Waals surface area contributed by atoms with E-state index in [-0.39, 0.29) is 24.1 Å². The van der Waals surface area contributed by atoms with Crippen LogP contribution in [0.2, 0.25) is 0 Å². The second-order valence-corrected chi connectivity index (χ2v) is 6.56. The molecule has 26 heavy (non-hydrogen) atoms. The maximum absolute atomic E-state index is 14.1. The van der Waals surface area contributed by atoms with E-state index in [0.717, 1.165) is 25.3 Å². The quantitative estimate of drug-likeness (QED) is 0.883. The fourth-order valence-electron chi connectivity index (χ4n) is 3.44. The van der Waals surface area contributed by atoms with E-state index >= 15 is 0 Å². The largest absolute Gasteiger partial charge is 0.508 e. The van der Waals surface area contributed by atoms with Gasteiger partial charge >= 0.3 is 0 Å². The molecule has 2 aromatic rings. The Balaban J connectivity index is 1.89. The van der Waals surface area contributed by atoms with Crippen molar-refractivity contribution < 1.29 is 19.1 Å². The third kappa shape index (κ3) is 3.85. The van der Waals surface area contributed by atoms with Crippen LogP contribution in [-0.4, -0.2) is 34.4 Å². The van der Waals surface area contributed by atoms with Crippen molar-refractivity contribution in [3.05, 3.63) is 53.8 Å². The molecule has 1 aliphatic rings. The molecule has 0 saturated carbocycles. The Morgan fingerprint density at radius 1 is 1.19 bits per heavy atom. The van der Waals surface area contributed by atoms with Gasteiger partial charge in [-0.2, -0.15) is 0 Å². The van der Waals surface area contributed by atoms with Gasteiger partial charge in [-0.15, -0.1) is 0 Å². The van der Waals surface area contributed by atoms with Gasteiger partial charge in [0.15, 0.2) is 0 Å². The van der Waals surface area contributed by atoms with Crippen molar-refractivity contribution >= 4 is 11.8 Å². The number of halogens is 1. The lowest BCUT2D eigenvalue weighted by molar-refractivity contribution is -0.119. The van der Waals surface area contributed by atoms with E-state index in [1.54, 1.807) is 29.2 Å². The Kier molecular flexibility index (Phi) is 5.21. The molecule has 5 nitrogen and oxygen atoms in total. The zero-order valence-corrected chi connectivity index (χ0v) is 14.3. The smallest absolute Gasteiger partial charge is 0.254 e. The summed E-state index contributed by atoms with van der Waals surface area (Å²) in [4.78, 5) is 25.9. The third-order valence-corrected chi connectivity index (χ3v) is 4.70. The number of piperidine rings is 1. The highest BCUT2D eigenvalue weighted by molar-refractivity contribution is 5.96. The van der Waals surface area contributed by atoms with Crippen LogP contribution in [-0.2, 0) is 4.79 Å². The summed E-state index contributed by atoms with van der Waals surface area (Å²) in [5, 5.41) is 9.36. The summed E-state index contributed by atoms with van der Waals surface area (Å²) in [6, 6.07) is 10.4. The summed E-state index contributed by atoms with van der Waals surface area (Å²) in [5.41, 5.74) is 6.61. The van der Waals surface area contributed by atoms with E-state index in [1.807, 2.05) is 0 Å². The van der Waals surface area contributed by atoms with E-state index in [2.05, 4.69) is 0 Å².